The molecule has 1 aliphatic carbocycles. The zero-order valence-electron chi connectivity index (χ0n) is 36.9. The number of hydrogen-bond donors (Lipinski definition) is 4. The van der Waals surface area contributed by atoms with E-state index in [0.717, 1.165) is 82.1 Å². The van der Waals surface area contributed by atoms with E-state index in [1.807, 2.05) is 71.6 Å². The number of piperidine rings is 1. The van der Waals surface area contributed by atoms with Crippen LogP contribution in [0.5, 0.6) is 0 Å². The lowest BCUT2D eigenvalue weighted by molar-refractivity contribution is -0.140. The third-order valence-electron chi connectivity index (χ3n) is 13.9. The molecule has 4 amide bonds. The van der Waals surface area contributed by atoms with E-state index in [1.165, 1.54) is 14.2 Å². The van der Waals surface area contributed by atoms with Crippen molar-refractivity contribution in [2.24, 2.45) is 11.8 Å². The van der Waals surface area contributed by atoms with Gasteiger partial charge in [0.2, 0.25) is 5.91 Å². The van der Waals surface area contributed by atoms with Crippen molar-refractivity contribution in [3.05, 3.63) is 119 Å². The van der Waals surface area contributed by atoms with Crippen LogP contribution in [0.3, 0.4) is 0 Å². The highest BCUT2D eigenvalue weighted by Gasteiger charge is 2.52. The molecule has 1 unspecified atom stereocenters. The molecule has 66 heavy (non-hydrogen) atoms. The molecule has 6 atom stereocenters. The number of fused-ring (bicyclic) bond motifs is 5. The number of ether oxygens (including phenoxy) is 3. The monoisotopic (exact) mass is 888 g/mol. The smallest absolute Gasteiger partial charge is 0.407 e. The quantitative estimate of drug-likeness (QED) is 0.107. The Morgan fingerprint density at radius 1 is 0.803 bits per heavy atom. The van der Waals surface area contributed by atoms with Crippen molar-refractivity contribution < 1.29 is 33.4 Å². The second-order valence-electron chi connectivity index (χ2n) is 17.7. The number of amides is 4. The number of nitrogens with one attached hydrogen (secondary N) is 4. The second-order valence-corrected chi connectivity index (χ2v) is 17.7. The van der Waals surface area contributed by atoms with Crippen LogP contribution in [-0.4, -0.2) is 99.8 Å². The summed E-state index contributed by atoms with van der Waals surface area (Å²) in [4.78, 5) is 73.8. The van der Waals surface area contributed by atoms with Crippen molar-refractivity contribution in [3.8, 4) is 23.1 Å². The summed E-state index contributed by atoms with van der Waals surface area (Å²) in [6.45, 7) is 1.67. The maximum atomic E-state index is 14.5. The predicted molar refractivity (Wildman–Crippen MR) is 246 cm³/mol. The average molecular weight is 889 g/mol. The van der Waals surface area contributed by atoms with Crippen LogP contribution < -0.4 is 10.6 Å². The van der Waals surface area contributed by atoms with Crippen LogP contribution in [0.15, 0.2) is 91.1 Å². The zero-order chi connectivity index (χ0) is 45.3. The Kier molecular flexibility index (Phi) is 11.9. The van der Waals surface area contributed by atoms with E-state index in [0.29, 0.717) is 44.0 Å². The molecule has 2 aromatic heterocycles. The van der Waals surface area contributed by atoms with Gasteiger partial charge in [-0.2, -0.15) is 0 Å². The summed E-state index contributed by atoms with van der Waals surface area (Å²) in [6.07, 6.45) is 6.34. The number of carbonyl (C=O) groups is 4. The summed E-state index contributed by atoms with van der Waals surface area (Å²) in [5.41, 5.74) is 5.92. The topological polar surface area (TPSA) is 184 Å². The van der Waals surface area contributed by atoms with E-state index in [4.69, 9.17) is 24.2 Å². The van der Waals surface area contributed by atoms with Crippen LogP contribution in [0.25, 0.3) is 33.1 Å². The van der Waals surface area contributed by atoms with Gasteiger partial charge in [0.1, 0.15) is 23.7 Å². The molecule has 0 radical (unpaired) electrons. The number of aromatic amines is 2. The molecule has 5 heterocycles. The summed E-state index contributed by atoms with van der Waals surface area (Å²) >= 11 is 0. The number of methoxy groups -OCH3 is 2. The van der Waals surface area contributed by atoms with Gasteiger partial charge in [-0.3, -0.25) is 9.59 Å². The van der Waals surface area contributed by atoms with Gasteiger partial charge < -0.3 is 44.6 Å². The minimum Gasteiger partial charge on any atom is -0.453 e. The maximum absolute atomic E-state index is 14.5. The van der Waals surface area contributed by atoms with Gasteiger partial charge in [0, 0.05) is 42.3 Å². The first-order chi connectivity index (χ1) is 32.3. The fraction of sp³-hybridized carbons (Fsp3) is 0.373. The normalized spacial score (nSPS) is 21.3. The largest absolute Gasteiger partial charge is 0.453 e. The highest BCUT2D eigenvalue weighted by molar-refractivity contribution is 6.04. The van der Waals surface area contributed by atoms with Gasteiger partial charge in [-0.05, 0) is 104 Å². The van der Waals surface area contributed by atoms with Crippen LogP contribution in [-0.2, 0) is 23.8 Å². The lowest BCUT2D eigenvalue weighted by atomic mass is 9.89. The molecule has 4 N–H and O–H groups in total. The molecule has 10 rings (SSSR count). The van der Waals surface area contributed by atoms with Crippen LogP contribution in [0, 0.1) is 23.7 Å². The van der Waals surface area contributed by atoms with Crippen LogP contribution in [0.1, 0.15) is 91.4 Å². The van der Waals surface area contributed by atoms with Gasteiger partial charge >= 0.3 is 12.2 Å². The van der Waals surface area contributed by atoms with Crippen LogP contribution in [0.2, 0.25) is 0 Å². The molecule has 4 aliphatic rings. The Morgan fingerprint density at radius 3 is 2.35 bits per heavy atom. The number of hydrogen-bond acceptors (Lipinski definition) is 9. The van der Waals surface area contributed by atoms with Crippen molar-refractivity contribution in [1.82, 2.24) is 40.4 Å². The molecule has 1 saturated carbocycles. The third kappa shape index (κ3) is 8.33. The molecule has 2 bridgehead atoms. The van der Waals surface area contributed by atoms with Crippen molar-refractivity contribution in [2.45, 2.75) is 75.2 Å². The van der Waals surface area contributed by atoms with E-state index < -0.39 is 24.3 Å². The minimum atomic E-state index is -0.887. The summed E-state index contributed by atoms with van der Waals surface area (Å²) < 4.78 is 15.4. The van der Waals surface area contributed by atoms with Gasteiger partial charge in [-0.25, -0.2) is 19.6 Å². The number of rotatable bonds is 9. The van der Waals surface area contributed by atoms with Crippen molar-refractivity contribution >= 4 is 45.8 Å². The summed E-state index contributed by atoms with van der Waals surface area (Å²) in [5, 5.41) is 7.60. The molecule has 338 valence electrons. The molecular weight excluding hydrogens is 837 g/mol. The van der Waals surface area contributed by atoms with Gasteiger partial charge in [0.05, 0.1) is 49.2 Å². The standard InChI is InChI=1S/C51H52N8O7/c1-64-50(62)56-42(33-7-4-3-5-8-33)48(60)58-24-6-9-41(58)46-52-29-40(54-46)32-15-12-30(13-16-32)10-11-31-14-20-38-35(27-31)18-21-39-44(38)55-47(53-39)45-36-17-19-37(28-36)59(45)49(61)43(57-51(63)65-2)34-22-25-66-26-23-34/h3-5,7-8,12-16,18,20-21,27,29,34,36-37,41-43,45H,6,9,17,19,22-26,28H2,1-2H3,(H,52,54)(H,53,55)(H,56,62)(H,57,63)/t36-,37+,41-,42+,43?,45-/m0/s1. The number of nitrogens with zero attached hydrogens (tertiary/aromatic N) is 4. The number of likely N-dealkylation sites (tertiary alicyclic amines) is 2. The number of benzene rings is 4. The molecule has 15 heteroatoms. The van der Waals surface area contributed by atoms with Gasteiger partial charge in [0.15, 0.2) is 0 Å². The van der Waals surface area contributed by atoms with Gasteiger partial charge in [0.25, 0.3) is 5.91 Å². The SMILES string of the molecule is COC(=O)NC(C(=O)N1[C@@H]2CC[C@@H](C2)[C@H]1c1nc2c(ccc3cc(C#Cc4ccc(-c5cnc([C@@H]6CCCN6C(=O)[C@H](NC(=O)OC)c6ccccc6)[nH]5)cc4)ccc32)[nH]1)C1CCOCC1. The fourth-order valence-electron chi connectivity index (χ4n) is 10.6. The first kappa shape index (κ1) is 42.8. The lowest BCUT2D eigenvalue weighted by Gasteiger charge is -2.39. The molecule has 3 saturated heterocycles. The number of carbonyl (C=O) groups excluding carboxylic acids is 4. The molecule has 4 aromatic carbocycles. The lowest BCUT2D eigenvalue weighted by Crippen LogP contribution is -2.55. The Morgan fingerprint density at radius 2 is 1.56 bits per heavy atom. The van der Waals surface area contributed by atoms with E-state index in [2.05, 4.69) is 50.6 Å². The number of imidazole rings is 2. The highest BCUT2D eigenvalue weighted by atomic mass is 16.5. The highest BCUT2D eigenvalue weighted by Crippen LogP contribution is 2.50. The maximum Gasteiger partial charge on any atom is 0.407 e. The summed E-state index contributed by atoms with van der Waals surface area (Å²) in [7, 11) is 2.60. The first-order valence-corrected chi connectivity index (χ1v) is 22.8. The molecule has 3 aliphatic heterocycles. The van der Waals surface area contributed by atoms with Crippen molar-refractivity contribution in [2.75, 3.05) is 34.0 Å². The summed E-state index contributed by atoms with van der Waals surface area (Å²) in [6, 6.07) is 25.4. The van der Waals surface area contributed by atoms with E-state index in [9.17, 15) is 19.2 Å². The van der Waals surface area contributed by atoms with Crippen LogP contribution >= 0.6 is 0 Å². The van der Waals surface area contributed by atoms with E-state index in [1.54, 1.807) is 11.1 Å². The Hall–Kier alpha value is -7.18. The molecule has 6 aromatic rings. The molecular formula is C51H52N8O7. The van der Waals surface area contributed by atoms with Crippen molar-refractivity contribution in [1.29, 1.82) is 0 Å². The van der Waals surface area contributed by atoms with Gasteiger partial charge in [-0.15, -0.1) is 0 Å². The molecule has 15 nitrogen and oxygen atoms in total. The van der Waals surface area contributed by atoms with Crippen molar-refractivity contribution in [3.63, 3.8) is 0 Å². The average Bonchev–Trinajstić information content (AvgIpc) is 4.23. The van der Waals surface area contributed by atoms with E-state index in [-0.39, 0.29) is 41.8 Å². The number of H-pyrrole nitrogens is 2. The Labute approximate surface area is 382 Å². The minimum absolute atomic E-state index is 0.0350. The predicted octanol–water partition coefficient (Wildman–Crippen LogP) is 7.47. The number of aromatic nitrogens is 4. The molecule has 4 fully saturated rings. The van der Waals surface area contributed by atoms with Crippen LogP contribution in [0.4, 0.5) is 9.59 Å². The zero-order valence-corrected chi connectivity index (χ0v) is 36.9. The first-order valence-electron chi connectivity index (χ1n) is 22.8. The Balaban J connectivity index is 0.835. The van der Waals surface area contributed by atoms with E-state index >= 15 is 0 Å². The van der Waals surface area contributed by atoms with Gasteiger partial charge in [-0.1, -0.05) is 66.4 Å². The summed E-state index contributed by atoms with van der Waals surface area (Å²) in [5.74, 6) is 8.07. The second kappa shape index (κ2) is 18.4. The number of alkyl carbamates (subject to hydrolysis) is 2. The molecule has 0 spiro atoms. The third-order valence-corrected chi connectivity index (χ3v) is 13.9. The fourth-order valence-corrected chi connectivity index (χ4v) is 10.6. The Bertz CT molecular complexity index is 2840.